The van der Waals surface area contributed by atoms with E-state index >= 15 is 0 Å². The van der Waals surface area contributed by atoms with Crippen molar-refractivity contribution in [3.8, 4) is 11.5 Å². The predicted octanol–water partition coefficient (Wildman–Crippen LogP) is 5.34. The van der Waals surface area contributed by atoms with Crippen LogP contribution in [0.25, 0.3) is 0 Å². The normalized spacial score (nSPS) is 17.5. The molecule has 3 amide bonds. The first-order chi connectivity index (χ1) is 16.5. The fourth-order valence-corrected chi connectivity index (χ4v) is 4.38. The molecule has 0 bridgehead atoms. The van der Waals surface area contributed by atoms with E-state index in [1.54, 1.807) is 15.9 Å². The highest BCUT2D eigenvalue weighted by atomic mass is 16.5. The molecule has 34 heavy (non-hydrogen) atoms. The van der Waals surface area contributed by atoms with Crippen molar-refractivity contribution in [3.63, 3.8) is 0 Å². The summed E-state index contributed by atoms with van der Waals surface area (Å²) in [6.45, 7) is 6.44. The molecule has 1 unspecified atom stereocenters. The van der Waals surface area contributed by atoms with Crippen molar-refractivity contribution >= 4 is 17.6 Å². The maximum Gasteiger partial charge on any atom is 0.322 e. The van der Waals surface area contributed by atoms with E-state index in [1.807, 2.05) is 85.8 Å². The number of rotatable bonds is 6. The van der Waals surface area contributed by atoms with Crippen LogP contribution in [0, 0.1) is 6.92 Å². The van der Waals surface area contributed by atoms with Gasteiger partial charge in [-0.2, -0.15) is 0 Å². The fourth-order valence-electron chi connectivity index (χ4n) is 4.38. The van der Waals surface area contributed by atoms with Gasteiger partial charge in [-0.3, -0.25) is 9.69 Å². The molecular formula is C28H25N3O3. The number of nitrogens with one attached hydrogen (secondary N) is 1. The number of benzene rings is 3. The van der Waals surface area contributed by atoms with Crippen LogP contribution in [0.2, 0.25) is 0 Å². The van der Waals surface area contributed by atoms with Crippen LogP contribution in [-0.4, -0.2) is 29.9 Å². The molecular weight excluding hydrogens is 426 g/mol. The Morgan fingerprint density at radius 1 is 1.00 bits per heavy atom. The SMILES string of the molecule is C=CCN1C(=O)NC(c2cccc(Oc3ccccc3)c2)C2=C1CN(c1ccc(C)cc1)C2=O. The molecule has 3 aromatic rings. The lowest BCUT2D eigenvalue weighted by molar-refractivity contribution is -0.114. The second kappa shape index (κ2) is 8.90. The summed E-state index contributed by atoms with van der Waals surface area (Å²) in [4.78, 5) is 30.0. The van der Waals surface area contributed by atoms with Gasteiger partial charge in [0, 0.05) is 12.2 Å². The molecule has 0 saturated carbocycles. The number of para-hydroxylation sites is 1. The van der Waals surface area contributed by atoms with Crippen LogP contribution in [0.1, 0.15) is 17.2 Å². The second-order valence-corrected chi connectivity index (χ2v) is 8.36. The monoisotopic (exact) mass is 451 g/mol. The van der Waals surface area contributed by atoms with Crippen LogP contribution in [-0.2, 0) is 4.79 Å². The lowest BCUT2D eigenvalue weighted by Crippen LogP contribution is -2.47. The number of ether oxygens (including phenoxy) is 1. The van der Waals surface area contributed by atoms with Crippen molar-refractivity contribution in [1.82, 2.24) is 10.2 Å². The first kappa shape index (κ1) is 21.5. The quantitative estimate of drug-likeness (QED) is 0.515. The first-order valence-electron chi connectivity index (χ1n) is 11.2. The zero-order valence-electron chi connectivity index (χ0n) is 18.9. The Morgan fingerprint density at radius 3 is 2.47 bits per heavy atom. The van der Waals surface area contributed by atoms with E-state index in [9.17, 15) is 9.59 Å². The Bertz CT molecular complexity index is 1280. The summed E-state index contributed by atoms with van der Waals surface area (Å²) in [7, 11) is 0. The van der Waals surface area contributed by atoms with Crippen LogP contribution in [0.5, 0.6) is 11.5 Å². The zero-order valence-corrected chi connectivity index (χ0v) is 18.9. The van der Waals surface area contributed by atoms with E-state index in [1.165, 1.54) is 0 Å². The molecule has 3 aromatic carbocycles. The van der Waals surface area contributed by atoms with Gasteiger partial charge in [-0.05, 0) is 48.9 Å². The molecule has 2 aliphatic heterocycles. The highest BCUT2D eigenvalue weighted by Gasteiger charge is 2.44. The molecule has 0 fully saturated rings. The van der Waals surface area contributed by atoms with Gasteiger partial charge < -0.3 is 15.0 Å². The Morgan fingerprint density at radius 2 is 1.74 bits per heavy atom. The molecule has 0 aromatic heterocycles. The smallest absolute Gasteiger partial charge is 0.322 e. The van der Waals surface area contributed by atoms with Gasteiger partial charge in [-0.15, -0.1) is 6.58 Å². The number of aryl methyl sites for hydroxylation is 1. The van der Waals surface area contributed by atoms with E-state index in [0.717, 1.165) is 16.8 Å². The number of urea groups is 1. The van der Waals surface area contributed by atoms with Crippen LogP contribution < -0.4 is 15.0 Å². The Hall–Kier alpha value is -4.32. The molecule has 0 saturated heterocycles. The average molecular weight is 452 g/mol. The number of amides is 3. The van der Waals surface area contributed by atoms with Gasteiger partial charge >= 0.3 is 6.03 Å². The molecule has 170 valence electrons. The number of hydrogen-bond donors (Lipinski definition) is 1. The van der Waals surface area contributed by atoms with Gasteiger partial charge in [-0.25, -0.2) is 4.79 Å². The summed E-state index contributed by atoms with van der Waals surface area (Å²) in [6, 6.07) is 24.0. The molecule has 2 aliphatic rings. The van der Waals surface area contributed by atoms with Crippen LogP contribution >= 0.6 is 0 Å². The van der Waals surface area contributed by atoms with Crippen molar-refractivity contribution in [3.05, 3.63) is 114 Å². The summed E-state index contributed by atoms with van der Waals surface area (Å²) in [5.74, 6) is 1.23. The minimum Gasteiger partial charge on any atom is -0.457 e. The van der Waals surface area contributed by atoms with Crippen LogP contribution in [0.4, 0.5) is 10.5 Å². The Labute approximate surface area is 198 Å². The maximum atomic E-state index is 13.7. The topological polar surface area (TPSA) is 61.9 Å². The third-order valence-electron chi connectivity index (χ3n) is 6.05. The number of anilines is 1. The predicted molar refractivity (Wildman–Crippen MR) is 132 cm³/mol. The van der Waals surface area contributed by atoms with Crippen LogP contribution in [0.15, 0.2) is 103 Å². The Kier molecular flexibility index (Phi) is 5.64. The minimum atomic E-state index is -0.578. The van der Waals surface area contributed by atoms with E-state index < -0.39 is 6.04 Å². The molecule has 6 nitrogen and oxygen atoms in total. The molecule has 2 heterocycles. The molecule has 0 spiro atoms. The number of carbonyl (C=O) groups is 2. The van der Waals surface area contributed by atoms with E-state index in [-0.39, 0.29) is 11.9 Å². The van der Waals surface area contributed by atoms with E-state index in [4.69, 9.17) is 4.74 Å². The highest BCUT2D eigenvalue weighted by Crippen LogP contribution is 2.39. The lowest BCUT2D eigenvalue weighted by atomic mass is 9.95. The molecule has 6 heteroatoms. The third-order valence-corrected chi connectivity index (χ3v) is 6.05. The number of carbonyl (C=O) groups excluding carboxylic acids is 2. The van der Waals surface area contributed by atoms with E-state index in [2.05, 4.69) is 11.9 Å². The summed E-state index contributed by atoms with van der Waals surface area (Å²) < 4.78 is 5.99. The zero-order chi connectivity index (χ0) is 23.7. The van der Waals surface area contributed by atoms with Crippen molar-refractivity contribution in [1.29, 1.82) is 0 Å². The van der Waals surface area contributed by atoms with Gasteiger partial charge in [0.15, 0.2) is 0 Å². The minimum absolute atomic E-state index is 0.118. The van der Waals surface area contributed by atoms with Crippen molar-refractivity contribution < 1.29 is 14.3 Å². The summed E-state index contributed by atoms with van der Waals surface area (Å²) in [5.41, 5.74) is 3.97. The van der Waals surface area contributed by atoms with Crippen LogP contribution in [0.3, 0.4) is 0 Å². The molecule has 1 atom stereocenters. The highest BCUT2D eigenvalue weighted by molar-refractivity contribution is 6.11. The lowest BCUT2D eigenvalue weighted by Gasteiger charge is -2.33. The molecule has 0 radical (unpaired) electrons. The van der Waals surface area contributed by atoms with Gasteiger partial charge in [0.2, 0.25) is 0 Å². The number of hydrogen-bond acceptors (Lipinski definition) is 3. The van der Waals surface area contributed by atoms with Gasteiger partial charge in [0.25, 0.3) is 5.91 Å². The maximum absolute atomic E-state index is 13.7. The van der Waals surface area contributed by atoms with Crippen molar-refractivity contribution in [2.24, 2.45) is 0 Å². The standard InChI is InChI=1S/C28H25N3O3/c1-3-16-30-24-18-31(21-14-12-19(2)13-15-21)27(32)25(24)26(29-28(30)33)20-8-7-11-23(17-20)34-22-9-5-4-6-10-22/h3-15,17,26H,1,16,18H2,2H3,(H,29,33). The molecule has 1 N–H and O–H groups in total. The second-order valence-electron chi connectivity index (χ2n) is 8.36. The van der Waals surface area contributed by atoms with E-state index in [0.29, 0.717) is 35.9 Å². The van der Waals surface area contributed by atoms with Crippen molar-refractivity contribution in [2.45, 2.75) is 13.0 Å². The molecule has 5 rings (SSSR count). The summed E-state index contributed by atoms with van der Waals surface area (Å²) in [5, 5.41) is 3.02. The largest absolute Gasteiger partial charge is 0.457 e. The summed E-state index contributed by atoms with van der Waals surface area (Å²) >= 11 is 0. The Balaban J connectivity index is 1.52. The number of nitrogens with zero attached hydrogens (tertiary/aromatic N) is 2. The third kappa shape index (κ3) is 3.94. The van der Waals surface area contributed by atoms with Gasteiger partial charge in [-0.1, -0.05) is 54.1 Å². The fraction of sp³-hybridized carbons (Fsp3) is 0.143. The average Bonchev–Trinajstić information content (AvgIpc) is 3.19. The van der Waals surface area contributed by atoms with Gasteiger partial charge in [0.05, 0.1) is 23.9 Å². The summed E-state index contributed by atoms with van der Waals surface area (Å²) in [6.07, 6.45) is 1.66. The molecule has 0 aliphatic carbocycles. The van der Waals surface area contributed by atoms with Crippen molar-refractivity contribution in [2.75, 3.05) is 18.0 Å². The van der Waals surface area contributed by atoms with Gasteiger partial charge in [0.1, 0.15) is 11.5 Å². The first-order valence-corrected chi connectivity index (χ1v) is 11.2.